The fourth-order valence-electron chi connectivity index (χ4n) is 2.54. The van der Waals surface area contributed by atoms with Crippen LogP contribution in [0.25, 0.3) is 0 Å². The number of hydrogen-bond acceptors (Lipinski definition) is 4. The zero-order valence-electron chi connectivity index (χ0n) is 13.5. The number of nitrogens with one attached hydrogen (secondary N) is 3. The molecule has 2 amide bonds. The van der Waals surface area contributed by atoms with Crippen LogP contribution in [0.5, 0.6) is 0 Å². The summed E-state index contributed by atoms with van der Waals surface area (Å²) in [5, 5.41) is 9.04. The van der Waals surface area contributed by atoms with E-state index in [0.717, 1.165) is 32.4 Å². The molecule has 1 saturated heterocycles. The topological polar surface area (TPSA) is 79.5 Å². The molecular weight excluding hydrogens is 270 g/mol. The highest BCUT2D eigenvalue weighted by Gasteiger charge is 2.39. The minimum absolute atomic E-state index is 0.00203. The first-order chi connectivity index (χ1) is 10.0. The van der Waals surface area contributed by atoms with Crippen molar-refractivity contribution in [2.75, 3.05) is 33.4 Å². The minimum atomic E-state index is -0.451. The number of methoxy groups -OCH3 is 1. The summed E-state index contributed by atoms with van der Waals surface area (Å²) in [5.41, 5.74) is -0.451. The number of rotatable bonds is 8. The molecule has 1 atom stereocenters. The van der Waals surface area contributed by atoms with Crippen molar-refractivity contribution < 1.29 is 14.3 Å². The van der Waals surface area contributed by atoms with Gasteiger partial charge in [0.05, 0.1) is 12.0 Å². The summed E-state index contributed by atoms with van der Waals surface area (Å²) in [5.74, 6) is -0.0158. The standard InChI is InChI=1S/C15H29N3O3/c1-4-12(2)18-13(19)5-8-17-14(20)15(11-21-3)6-9-16-10-7-15/h12,16H,4-11H2,1-3H3,(H,17,20)(H,18,19). The highest BCUT2D eigenvalue weighted by molar-refractivity contribution is 5.84. The van der Waals surface area contributed by atoms with Crippen molar-refractivity contribution >= 4 is 11.8 Å². The molecule has 0 saturated carbocycles. The predicted octanol–water partition coefficient (Wildman–Crippen LogP) is 0.424. The van der Waals surface area contributed by atoms with Crippen LogP contribution in [0.15, 0.2) is 0 Å². The van der Waals surface area contributed by atoms with Gasteiger partial charge in [-0.3, -0.25) is 9.59 Å². The molecule has 3 N–H and O–H groups in total. The van der Waals surface area contributed by atoms with E-state index >= 15 is 0 Å². The van der Waals surface area contributed by atoms with E-state index in [1.807, 2.05) is 13.8 Å². The molecule has 1 aliphatic rings. The summed E-state index contributed by atoms with van der Waals surface area (Å²) in [6, 6.07) is 0.178. The van der Waals surface area contributed by atoms with Gasteiger partial charge in [0.2, 0.25) is 11.8 Å². The third-order valence-corrected chi connectivity index (χ3v) is 4.12. The molecule has 122 valence electrons. The lowest BCUT2D eigenvalue weighted by atomic mass is 9.78. The molecule has 1 heterocycles. The van der Waals surface area contributed by atoms with Crippen molar-refractivity contribution in [2.45, 2.75) is 45.6 Å². The van der Waals surface area contributed by atoms with Crippen LogP contribution in [0.1, 0.15) is 39.5 Å². The molecule has 0 radical (unpaired) electrons. The number of piperidine rings is 1. The highest BCUT2D eigenvalue weighted by atomic mass is 16.5. The van der Waals surface area contributed by atoms with Gasteiger partial charge >= 0.3 is 0 Å². The van der Waals surface area contributed by atoms with Gasteiger partial charge in [0.25, 0.3) is 0 Å². The van der Waals surface area contributed by atoms with Crippen LogP contribution >= 0.6 is 0 Å². The van der Waals surface area contributed by atoms with Crippen LogP contribution in [-0.4, -0.2) is 51.2 Å². The predicted molar refractivity (Wildman–Crippen MR) is 81.9 cm³/mol. The molecular formula is C15H29N3O3. The van der Waals surface area contributed by atoms with Crippen LogP contribution < -0.4 is 16.0 Å². The molecule has 0 aromatic carbocycles. The van der Waals surface area contributed by atoms with E-state index in [0.29, 0.717) is 19.6 Å². The van der Waals surface area contributed by atoms with Crippen molar-refractivity contribution in [3.63, 3.8) is 0 Å². The summed E-state index contributed by atoms with van der Waals surface area (Å²) in [7, 11) is 1.62. The lowest BCUT2D eigenvalue weighted by Crippen LogP contribution is -2.50. The maximum absolute atomic E-state index is 12.4. The van der Waals surface area contributed by atoms with E-state index in [1.54, 1.807) is 7.11 Å². The molecule has 0 aliphatic carbocycles. The molecule has 1 rings (SSSR count). The Kier molecular flexibility index (Phi) is 7.67. The van der Waals surface area contributed by atoms with Crippen molar-refractivity contribution in [1.29, 1.82) is 0 Å². The van der Waals surface area contributed by atoms with E-state index in [2.05, 4.69) is 16.0 Å². The SMILES string of the molecule is CCC(C)NC(=O)CCNC(=O)C1(COC)CCNCC1. The van der Waals surface area contributed by atoms with E-state index in [9.17, 15) is 9.59 Å². The van der Waals surface area contributed by atoms with Crippen molar-refractivity contribution in [2.24, 2.45) is 5.41 Å². The highest BCUT2D eigenvalue weighted by Crippen LogP contribution is 2.29. The zero-order chi connectivity index (χ0) is 15.7. The number of hydrogen-bond donors (Lipinski definition) is 3. The van der Waals surface area contributed by atoms with Gasteiger partial charge in [-0.25, -0.2) is 0 Å². The smallest absolute Gasteiger partial charge is 0.228 e. The van der Waals surface area contributed by atoms with Crippen LogP contribution in [0.3, 0.4) is 0 Å². The van der Waals surface area contributed by atoms with Crippen molar-refractivity contribution in [1.82, 2.24) is 16.0 Å². The molecule has 6 heteroatoms. The summed E-state index contributed by atoms with van der Waals surface area (Å²) in [6.07, 6.45) is 2.76. The maximum atomic E-state index is 12.4. The summed E-state index contributed by atoms with van der Waals surface area (Å²) >= 11 is 0. The molecule has 0 bridgehead atoms. The molecule has 1 fully saturated rings. The first-order valence-electron chi connectivity index (χ1n) is 7.81. The lowest BCUT2D eigenvalue weighted by molar-refractivity contribution is -0.136. The summed E-state index contributed by atoms with van der Waals surface area (Å²) in [4.78, 5) is 24.1. The Morgan fingerprint density at radius 2 is 2.00 bits per heavy atom. The monoisotopic (exact) mass is 299 g/mol. The quantitative estimate of drug-likeness (QED) is 0.607. The summed E-state index contributed by atoms with van der Waals surface area (Å²) in [6.45, 7) is 6.45. The van der Waals surface area contributed by atoms with E-state index in [1.165, 1.54) is 0 Å². The fraction of sp³-hybridized carbons (Fsp3) is 0.867. The number of amides is 2. The van der Waals surface area contributed by atoms with Crippen LogP contribution in [-0.2, 0) is 14.3 Å². The third-order valence-electron chi connectivity index (χ3n) is 4.12. The average molecular weight is 299 g/mol. The molecule has 6 nitrogen and oxygen atoms in total. The Morgan fingerprint density at radius 1 is 1.33 bits per heavy atom. The minimum Gasteiger partial charge on any atom is -0.384 e. The van der Waals surface area contributed by atoms with Gasteiger partial charge in [-0.05, 0) is 39.3 Å². The maximum Gasteiger partial charge on any atom is 0.228 e. The van der Waals surface area contributed by atoms with E-state index < -0.39 is 5.41 Å². The van der Waals surface area contributed by atoms with Crippen LogP contribution in [0.4, 0.5) is 0 Å². The molecule has 1 unspecified atom stereocenters. The molecule has 0 aromatic heterocycles. The Balaban J connectivity index is 2.38. The van der Waals surface area contributed by atoms with Gasteiger partial charge in [0.15, 0.2) is 0 Å². The lowest BCUT2D eigenvalue weighted by Gasteiger charge is -2.35. The van der Waals surface area contributed by atoms with Gasteiger partial charge in [-0.2, -0.15) is 0 Å². The average Bonchev–Trinajstić information content (AvgIpc) is 2.48. The molecule has 1 aliphatic heterocycles. The fourth-order valence-corrected chi connectivity index (χ4v) is 2.54. The number of carbonyl (C=O) groups excluding carboxylic acids is 2. The Labute approximate surface area is 127 Å². The third kappa shape index (κ3) is 5.63. The van der Waals surface area contributed by atoms with Gasteiger partial charge < -0.3 is 20.7 Å². The Bertz CT molecular complexity index is 336. The van der Waals surface area contributed by atoms with E-state index in [-0.39, 0.29) is 17.9 Å². The Hall–Kier alpha value is -1.14. The van der Waals surface area contributed by atoms with Gasteiger partial charge in [-0.15, -0.1) is 0 Å². The van der Waals surface area contributed by atoms with E-state index in [4.69, 9.17) is 4.74 Å². The Morgan fingerprint density at radius 3 is 2.57 bits per heavy atom. The molecule has 0 aromatic rings. The summed E-state index contributed by atoms with van der Waals surface area (Å²) < 4.78 is 5.23. The zero-order valence-corrected chi connectivity index (χ0v) is 13.5. The second-order valence-corrected chi connectivity index (χ2v) is 5.85. The second kappa shape index (κ2) is 9.00. The number of ether oxygens (including phenoxy) is 1. The normalized spacial score (nSPS) is 18.8. The first kappa shape index (κ1) is 17.9. The van der Waals surface area contributed by atoms with Gasteiger partial charge in [0.1, 0.15) is 0 Å². The molecule has 21 heavy (non-hydrogen) atoms. The molecule has 0 spiro atoms. The van der Waals surface area contributed by atoms with Crippen LogP contribution in [0.2, 0.25) is 0 Å². The van der Waals surface area contributed by atoms with Gasteiger partial charge in [-0.1, -0.05) is 6.92 Å². The van der Waals surface area contributed by atoms with Crippen molar-refractivity contribution in [3.8, 4) is 0 Å². The van der Waals surface area contributed by atoms with Crippen molar-refractivity contribution in [3.05, 3.63) is 0 Å². The number of carbonyl (C=O) groups is 2. The second-order valence-electron chi connectivity index (χ2n) is 5.85. The van der Waals surface area contributed by atoms with Crippen LogP contribution in [0, 0.1) is 5.41 Å². The van der Waals surface area contributed by atoms with Gasteiger partial charge in [0, 0.05) is 26.1 Å². The largest absolute Gasteiger partial charge is 0.384 e. The first-order valence-corrected chi connectivity index (χ1v) is 7.81.